The first-order chi connectivity index (χ1) is 15.2. The minimum absolute atomic E-state index is 0. The number of aryl methyl sites for hydroxylation is 1. The standard InChI is InChI=1S/C24H35N5O2.HI/c1-3-25-24(28-21-8-11-29(12-9-21)16-19-10-13-30-17-19)27-15-23-26-14-22(31-23)20-6-4-18(2)5-7-20;/h4-7,14,19,21H,3,8-13,15-17H2,1-2H3,(H2,25,27,28);1H. The number of hydrogen-bond acceptors (Lipinski definition) is 5. The highest BCUT2D eigenvalue weighted by Gasteiger charge is 2.24. The van der Waals surface area contributed by atoms with Crippen LogP contribution in [0.1, 0.15) is 37.6 Å². The van der Waals surface area contributed by atoms with Crippen LogP contribution in [0.25, 0.3) is 11.3 Å². The van der Waals surface area contributed by atoms with Gasteiger partial charge in [-0.1, -0.05) is 29.8 Å². The van der Waals surface area contributed by atoms with Gasteiger partial charge in [0.2, 0.25) is 5.89 Å². The highest BCUT2D eigenvalue weighted by Crippen LogP contribution is 2.21. The average molecular weight is 553 g/mol. The van der Waals surface area contributed by atoms with Gasteiger partial charge in [-0.3, -0.25) is 0 Å². The lowest BCUT2D eigenvalue weighted by Gasteiger charge is -2.34. The Hall–Kier alpha value is -1.65. The summed E-state index contributed by atoms with van der Waals surface area (Å²) in [5.74, 6) is 2.96. The van der Waals surface area contributed by atoms with Gasteiger partial charge in [0, 0.05) is 44.4 Å². The van der Waals surface area contributed by atoms with E-state index in [1.54, 1.807) is 6.20 Å². The van der Waals surface area contributed by atoms with Crippen LogP contribution in [0.2, 0.25) is 0 Å². The largest absolute Gasteiger partial charge is 0.439 e. The molecule has 0 amide bonds. The minimum Gasteiger partial charge on any atom is -0.439 e. The van der Waals surface area contributed by atoms with Gasteiger partial charge in [-0.15, -0.1) is 24.0 Å². The molecule has 7 nitrogen and oxygen atoms in total. The molecule has 2 N–H and O–H groups in total. The molecule has 2 fully saturated rings. The van der Waals surface area contributed by atoms with Gasteiger partial charge in [0.05, 0.1) is 12.8 Å². The third-order valence-corrected chi connectivity index (χ3v) is 6.08. The molecule has 176 valence electrons. The summed E-state index contributed by atoms with van der Waals surface area (Å²) in [4.78, 5) is 11.7. The first-order valence-electron chi connectivity index (χ1n) is 11.6. The van der Waals surface area contributed by atoms with Crippen molar-refractivity contribution in [3.63, 3.8) is 0 Å². The van der Waals surface area contributed by atoms with Gasteiger partial charge in [0.25, 0.3) is 0 Å². The molecule has 3 heterocycles. The van der Waals surface area contributed by atoms with Gasteiger partial charge < -0.3 is 24.7 Å². The molecule has 0 radical (unpaired) electrons. The van der Waals surface area contributed by atoms with E-state index < -0.39 is 0 Å². The summed E-state index contributed by atoms with van der Waals surface area (Å²) in [5.41, 5.74) is 2.27. The summed E-state index contributed by atoms with van der Waals surface area (Å²) >= 11 is 0. The number of aromatic nitrogens is 1. The zero-order valence-corrected chi connectivity index (χ0v) is 21.5. The normalized spacial score (nSPS) is 20.2. The second kappa shape index (κ2) is 12.6. The van der Waals surface area contributed by atoms with Crippen molar-refractivity contribution in [2.45, 2.75) is 45.7 Å². The highest BCUT2D eigenvalue weighted by molar-refractivity contribution is 14.0. The number of benzene rings is 1. The first kappa shape index (κ1) is 25.0. The molecular formula is C24H36IN5O2. The van der Waals surface area contributed by atoms with E-state index in [1.165, 1.54) is 18.5 Å². The van der Waals surface area contributed by atoms with Crippen molar-refractivity contribution in [2.24, 2.45) is 10.9 Å². The molecule has 0 bridgehead atoms. The van der Waals surface area contributed by atoms with E-state index in [9.17, 15) is 0 Å². The van der Waals surface area contributed by atoms with Crippen molar-refractivity contribution >= 4 is 29.9 Å². The Kier molecular flexibility index (Phi) is 9.80. The number of hydrogen-bond donors (Lipinski definition) is 2. The minimum atomic E-state index is 0. The van der Waals surface area contributed by atoms with Crippen molar-refractivity contribution in [3.05, 3.63) is 41.9 Å². The van der Waals surface area contributed by atoms with E-state index in [0.717, 1.165) is 63.0 Å². The Morgan fingerprint density at radius 1 is 1.19 bits per heavy atom. The second-order valence-electron chi connectivity index (χ2n) is 8.63. The fourth-order valence-corrected chi connectivity index (χ4v) is 4.25. The fraction of sp³-hybridized carbons (Fsp3) is 0.583. The maximum atomic E-state index is 5.91. The molecule has 8 heteroatoms. The van der Waals surface area contributed by atoms with E-state index in [4.69, 9.17) is 14.1 Å². The Bertz CT molecular complexity index is 840. The summed E-state index contributed by atoms with van der Waals surface area (Å²) in [5, 5.41) is 6.96. The van der Waals surface area contributed by atoms with E-state index in [2.05, 4.69) is 58.6 Å². The molecule has 1 aromatic heterocycles. The number of guanidine groups is 1. The molecule has 1 unspecified atom stereocenters. The van der Waals surface area contributed by atoms with E-state index >= 15 is 0 Å². The molecule has 1 atom stereocenters. The van der Waals surface area contributed by atoms with Gasteiger partial charge >= 0.3 is 0 Å². The van der Waals surface area contributed by atoms with Crippen LogP contribution in [0.5, 0.6) is 0 Å². The molecule has 4 rings (SSSR count). The van der Waals surface area contributed by atoms with Crippen LogP contribution in [0.15, 0.2) is 39.9 Å². The number of ether oxygens (including phenoxy) is 1. The quantitative estimate of drug-likeness (QED) is 0.309. The summed E-state index contributed by atoms with van der Waals surface area (Å²) in [7, 11) is 0. The SMILES string of the molecule is CCNC(=NCc1ncc(-c2ccc(C)cc2)o1)NC1CCN(CC2CCOC2)CC1.I. The summed E-state index contributed by atoms with van der Waals surface area (Å²) in [6.07, 6.45) is 5.26. The molecule has 2 saturated heterocycles. The predicted octanol–water partition coefficient (Wildman–Crippen LogP) is 3.82. The van der Waals surface area contributed by atoms with Crippen LogP contribution in [-0.4, -0.2) is 61.3 Å². The van der Waals surface area contributed by atoms with Gasteiger partial charge in [-0.2, -0.15) is 0 Å². The van der Waals surface area contributed by atoms with Crippen molar-refractivity contribution in [1.82, 2.24) is 20.5 Å². The molecule has 2 aliphatic heterocycles. The fourth-order valence-electron chi connectivity index (χ4n) is 4.25. The van der Waals surface area contributed by atoms with E-state index in [0.29, 0.717) is 24.4 Å². The van der Waals surface area contributed by atoms with Crippen molar-refractivity contribution in [1.29, 1.82) is 0 Å². The second-order valence-corrected chi connectivity index (χ2v) is 8.63. The number of aliphatic imine (C=N–C) groups is 1. The lowest BCUT2D eigenvalue weighted by molar-refractivity contribution is 0.150. The van der Waals surface area contributed by atoms with E-state index in [-0.39, 0.29) is 24.0 Å². The Morgan fingerprint density at radius 2 is 1.97 bits per heavy atom. The van der Waals surface area contributed by atoms with Gasteiger partial charge in [0.15, 0.2) is 11.7 Å². The van der Waals surface area contributed by atoms with Crippen LogP contribution in [-0.2, 0) is 11.3 Å². The van der Waals surface area contributed by atoms with Crippen molar-refractivity contribution in [3.8, 4) is 11.3 Å². The van der Waals surface area contributed by atoms with Crippen molar-refractivity contribution in [2.75, 3.05) is 39.4 Å². The number of nitrogens with zero attached hydrogens (tertiary/aromatic N) is 3. The summed E-state index contributed by atoms with van der Waals surface area (Å²) in [6, 6.07) is 8.72. The Balaban J connectivity index is 0.00000289. The van der Waals surface area contributed by atoms with Crippen LogP contribution in [0, 0.1) is 12.8 Å². The average Bonchev–Trinajstić information content (AvgIpc) is 3.46. The molecule has 2 aliphatic rings. The predicted molar refractivity (Wildman–Crippen MR) is 138 cm³/mol. The Morgan fingerprint density at radius 3 is 2.66 bits per heavy atom. The lowest BCUT2D eigenvalue weighted by Crippen LogP contribution is -2.49. The summed E-state index contributed by atoms with van der Waals surface area (Å²) in [6.45, 7) is 10.7. The number of oxazole rings is 1. The topological polar surface area (TPSA) is 74.9 Å². The number of nitrogens with one attached hydrogen (secondary N) is 2. The monoisotopic (exact) mass is 553 g/mol. The zero-order valence-electron chi connectivity index (χ0n) is 19.2. The smallest absolute Gasteiger partial charge is 0.216 e. The number of likely N-dealkylation sites (tertiary alicyclic amines) is 1. The van der Waals surface area contributed by atoms with Gasteiger partial charge in [-0.05, 0) is 39.0 Å². The molecule has 0 spiro atoms. The molecule has 2 aromatic rings. The molecular weight excluding hydrogens is 517 g/mol. The van der Waals surface area contributed by atoms with Crippen LogP contribution >= 0.6 is 24.0 Å². The number of halogens is 1. The van der Waals surface area contributed by atoms with Crippen LogP contribution in [0.4, 0.5) is 0 Å². The zero-order chi connectivity index (χ0) is 21.5. The van der Waals surface area contributed by atoms with Crippen LogP contribution < -0.4 is 10.6 Å². The summed E-state index contributed by atoms with van der Waals surface area (Å²) < 4.78 is 11.4. The molecule has 32 heavy (non-hydrogen) atoms. The molecule has 0 saturated carbocycles. The maximum absolute atomic E-state index is 5.91. The maximum Gasteiger partial charge on any atom is 0.216 e. The first-order valence-corrected chi connectivity index (χ1v) is 11.6. The highest BCUT2D eigenvalue weighted by atomic mass is 127. The lowest BCUT2D eigenvalue weighted by atomic mass is 10.0. The number of piperidine rings is 1. The third kappa shape index (κ3) is 7.18. The molecule has 1 aromatic carbocycles. The van der Waals surface area contributed by atoms with Gasteiger partial charge in [-0.25, -0.2) is 9.98 Å². The van der Waals surface area contributed by atoms with Crippen LogP contribution in [0.3, 0.4) is 0 Å². The molecule has 0 aliphatic carbocycles. The third-order valence-electron chi connectivity index (χ3n) is 6.08. The van der Waals surface area contributed by atoms with E-state index in [1.807, 2.05) is 0 Å². The Labute approximate surface area is 208 Å². The van der Waals surface area contributed by atoms with Crippen molar-refractivity contribution < 1.29 is 9.15 Å². The number of rotatable bonds is 7. The van der Waals surface area contributed by atoms with Gasteiger partial charge in [0.1, 0.15) is 6.54 Å².